The van der Waals surface area contributed by atoms with E-state index in [0.29, 0.717) is 5.02 Å². The van der Waals surface area contributed by atoms with Crippen molar-refractivity contribution in [2.75, 3.05) is 11.4 Å². The summed E-state index contributed by atoms with van der Waals surface area (Å²) >= 11 is 5.87. The van der Waals surface area contributed by atoms with Crippen molar-refractivity contribution in [3.63, 3.8) is 0 Å². The number of rotatable bonds is 6. The molecule has 0 spiro atoms. The van der Waals surface area contributed by atoms with Gasteiger partial charge in [-0.25, -0.2) is 8.42 Å². The van der Waals surface area contributed by atoms with Crippen LogP contribution in [0.15, 0.2) is 59.6 Å². The number of carbonyl (C=O) groups excluding carboxylic acids is 1. The number of nitrogens with zero attached hydrogens (tertiary/aromatic N) is 3. The van der Waals surface area contributed by atoms with Crippen LogP contribution in [0.1, 0.15) is 21.5 Å². The Hall–Kier alpha value is -2.84. The Kier molecular flexibility index (Phi) is 5.95. The molecule has 3 aromatic rings. The van der Waals surface area contributed by atoms with Crippen LogP contribution in [0, 0.1) is 6.92 Å². The molecule has 152 valence electrons. The third-order valence-electron chi connectivity index (χ3n) is 4.50. The molecule has 2 aromatic carbocycles. The van der Waals surface area contributed by atoms with Crippen LogP contribution in [0.3, 0.4) is 0 Å². The summed E-state index contributed by atoms with van der Waals surface area (Å²) in [5.41, 5.74) is 1.99. The number of hydrogen-bond acceptors (Lipinski definition) is 4. The van der Waals surface area contributed by atoms with E-state index in [-0.39, 0.29) is 22.8 Å². The third kappa shape index (κ3) is 4.44. The molecule has 0 unspecified atom stereocenters. The van der Waals surface area contributed by atoms with Crippen molar-refractivity contribution in [1.29, 1.82) is 0 Å². The fourth-order valence-electron chi connectivity index (χ4n) is 2.83. The number of sulfonamides is 1. The van der Waals surface area contributed by atoms with Gasteiger partial charge in [0.25, 0.3) is 15.9 Å². The van der Waals surface area contributed by atoms with Crippen LogP contribution in [-0.2, 0) is 23.6 Å². The Balaban J connectivity index is 1.85. The molecule has 0 aliphatic rings. The van der Waals surface area contributed by atoms with Crippen LogP contribution in [0.2, 0.25) is 5.02 Å². The van der Waals surface area contributed by atoms with Gasteiger partial charge >= 0.3 is 0 Å². The van der Waals surface area contributed by atoms with Crippen molar-refractivity contribution in [1.82, 2.24) is 15.1 Å². The van der Waals surface area contributed by atoms with Gasteiger partial charge in [0.15, 0.2) is 5.82 Å². The molecule has 1 amide bonds. The highest BCUT2D eigenvalue weighted by Crippen LogP contribution is 2.25. The quantitative estimate of drug-likeness (QED) is 0.648. The highest BCUT2D eigenvalue weighted by Gasteiger charge is 2.28. The molecule has 1 heterocycles. The maximum absolute atomic E-state index is 13.0. The Bertz CT molecular complexity index is 1120. The molecule has 0 aliphatic carbocycles. The van der Waals surface area contributed by atoms with E-state index < -0.39 is 15.9 Å². The van der Waals surface area contributed by atoms with Crippen LogP contribution < -0.4 is 9.62 Å². The van der Waals surface area contributed by atoms with E-state index in [9.17, 15) is 13.2 Å². The number of aromatic nitrogens is 2. The fourth-order valence-corrected chi connectivity index (χ4v) is 4.19. The van der Waals surface area contributed by atoms with Gasteiger partial charge in [0.2, 0.25) is 0 Å². The second-order valence-electron chi connectivity index (χ2n) is 6.60. The predicted molar refractivity (Wildman–Crippen MR) is 113 cm³/mol. The van der Waals surface area contributed by atoms with Crippen molar-refractivity contribution < 1.29 is 13.2 Å². The molecule has 0 radical (unpaired) electrons. The molecular formula is C20H21ClN4O3S. The normalized spacial score (nSPS) is 11.3. The zero-order chi connectivity index (χ0) is 21.2. The lowest BCUT2D eigenvalue weighted by molar-refractivity contribution is 0.0951. The van der Waals surface area contributed by atoms with Gasteiger partial charge in [-0.2, -0.15) is 5.10 Å². The highest BCUT2D eigenvalue weighted by atomic mass is 35.5. The van der Waals surface area contributed by atoms with Gasteiger partial charge < -0.3 is 5.32 Å². The Morgan fingerprint density at radius 3 is 2.38 bits per heavy atom. The van der Waals surface area contributed by atoms with Gasteiger partial charge in [-0.05, 0) is 36.8 Å². The van der Waals surface area contributed by atoms with Crippen LogP contribution in [0.5, 0.6) is 0 Å². The fraction of sp³-hybridized carbons (Fsp3) is 0.200. The zero-order valence-corrected chi connectivity index (χ0v) is 17.8. The number of hydrogen-bond donors (Lipinski definition) is 1. The molecular weight excluding hydrogens is 412 g/mol. The smallest absolute Gasteiger partial charge is 0.265 e. The minimum Gasteiger partial charge on any atom is -0.348 e. The predicted octanol–water partition coefficient (Wildman–Crippen LogP) is 3.14. The van der Waals surface area contributed by atoms with E-state index >= 15 is 0 Å². The second kappa shape index (κ2) is 8.26. The minimum atomic E-state index is -3.85. The first-order valence-corrected chi connectivity index (χ1v) is 10.6. The summed E-state index contributed by atoms with van der Waals surface area (Å²) in [5, 5.41) is 7.47. The van der Waals surface area contributed by atoms with Crippen molar-refractivity contribution in [2.24, 2.45) is 7.05 Å². The number of halogens is 1. The summed E-state index contributed by atoms with van der Waals surface area (Å²) in [4.78, 5) is 12.9. The molecule has 0 aliphatic heterocycles. The SMILES string of the molecule is Cc1ccc(S(=O)(=O)N(C)c2c(C(=O)NCc3ccc(Cl)cc3)cnn2C)cc1. The molecule has 1 N–H and O–H groups in total. The van der Waals surface area contributed by atoms with Crippen molar-refractivity contribution >= 4 is 33.3 Å². The lowest BCUT2D eigenvalue weighted by atomic mass is 10.2. The van der Waals surface area contributed by atoms with Gasteiger partial charge in [-0.15, -0.1) is 0 Å². The largest absolute Gasteiger partial charge is 0.348 e. The first-order valence-electron chi connectivity index (χ1n) is 8.80. The van der Waals surface area contributed by atoms with Gasteiger partial charge in [0, 0.05) is 25.7 Å². The molecule has 0 fully saturated rings. The van der Waals surface area contributed by atoms with Gasteiger partial charge in [0.05, 0.1) is 11.1 Å². The molecule has 9 heteroatoms. The summed E-state index contributed by atoms with van der Waals surface area (Å²) < 4.78 is 28.5. The average molecular weight is 433 g/mol. The van der Waals surface area contributed by atoms with Crippen LogP contribution in [-0.4, -0.2) is 31.2 Å². The molecule has 0 atom stereocenters. The second-order valence-corrected chi connectivity index (χ2v) is 9.01. The van der Waals surface area contributed by atoms with Crippen molar-refractivity contribution in [2.45, 2.75) is 18.4 Å². The Morgan fingerprint density at radius 2 is 1.76 bits per heavy atom. The highest BCUT2D eigenvalue weighted by molar-refractivity contribution is 7.92. The van der Waals surface area contributed by atoms with E-state index in [2.05, 4.69) is 10.4 Å². The van der Waals surface area contributed by atoms with Crippen LogP contribution >= 0.6 is 11.6 Å². The molecule has 0 bridgehead atoms. The number of amides is 1. The van der Waals surface area contributed by atoms with E-state index in [0.717, 1.165) is 15.4 Å². The molecule has 0 saturated carbocycles. The third-order valence-corrected chi connectivity index (χ3v) is 6.51. The lowest BCUT2D eigenvalue weighted by Crippen LogP contribution is -2.31. The van der Waals surface area contributed by atoms with Crippen LogP contribution in [0.4, 0.5) is 5.82 Å². The van der Waals surface area contributed by atoms with Gasteiger partial charge in [-0.3, -0.25) is 13.8 Å². The van der Waals surface area contributed by atoms with Crippen molar-refractivity contribution in [3.8, 4) is 0 Å². The zero-order valence-electron chi connectivity index (χ0n) is 16.3. The van der Waals surface area contributed by atoms with E-state index in [1.54, 1.807) is 43.4 Å². The summed E-state index contributed by atoms with van der Waals surface area (Å²) in [7, 11) is -0.857. The van der Waals surface area contributed by atoms with Crippen molar-refractivity contribution in [3.05, 3.63) is 76.4 Å². The standard InChI is InChI=1S/C20H21ClN4O3S/c1-14-4-10-17(11-5-14)29(27,28)25(3)20-18(13-23-24(20)2)19(26)22-12-15-6-8-16(21)9-7-15/h4-11,13H,12H2,1-3H3,(H,22,26). The lowest BCUT2D eigenvalue weighted by Gasteiger charge is -2.21. The number of aryl methyl sites for hydroxylation is 2. The molecule has 29 heavy (non-hydrogen) atoms. The maximum Gasteiger partial charge on any atom is 0.265 e. The molecule has 1 aromatic heterocycles. The minimum absolute atomic E-state index is 0.138. The average Bonchev–Trinajstić information content (AvgIpc) is 3.08. The molecule has 7 nitrogen and oxygen atoms in total. The summed E-state index contributed by atoms with van der Waals surface area (Å²) in [6.45, 7) is 2.16. The number of anilines is 1. The summed E-state index contributed by atoms with van der Waals surface area (Å²) in [5.74, 6) is -0.242. The van der Waals surface area contributed by atoms with Gasteiger partial charge in [0.1, 0.15) is 5.56 Å². The number of benzene rings is 2. The molecule has 3 rings (SSSR count). The Morgan fingerprint density at radius 1 is 1.14 bits per heavy atom. The topological polar surface area (TPSA) is 84.3 Å². The van der Waals surface area contributed by atoms with E-state index in [1.807, 2.05) is 6.92 Å². The molecule has 0 saturated heterocycles. The number of nitrogens with one attached hydrogen (secondary N) is 1. The summed E-state index contributed by atoms with van der Waals surface area (Å²) in [6, 6.07) is 13.6. The number of carbonyl (C=O) groups is 1. The summed E-state index contributed by atoms with van der Waals surface area (Å²) in [6.07, 6.45) is 1.35. The first kappa shape index (κ1) is 20.9. The van der Waals surface area contributed by atoms with Gasteiger partial charge in [-0.1, -0.05) is 41.4 Å². The van der Waals surface area contributed by atoms with E-state index in [4.69, 9.17) is 11.6 Å². The monoisotopic (exact) mass is 432 g/mol. The van der Waals surface area contributed by atoms with E-state index in [1.165, 1.54) is 30.1 Å². The Labute approximate surface area is 175 Å². The van der Waals surface area contributed by atoms with Crippen LogP contribution in [0.25, 0.3) is 0 Å². The maximum atomic E-state index is 13.0. The first-order chi connectivity index (χ1) is 13.7.